The van der Waals surface area contributed by atoms with Gasteiger partial charge in [0.05, 0.1) is 5.69 Å². The summed E-state index contributed by atoms with van der Waals surface area (Å²) in [4.78, 5) is 12.8. The van der Waals surface area contributed by atoms with Crippen LogP contribution < -0.4 is 5.73 Å². The monoisotopic (exact) mass is 334 g/mol. The van der Waals surface area contributed by atoms with Crippen LogP contribution in [0.2, 0.25) is 5.15 Å². The summed E-state index contributed by atoms with van der Waals surface area (Å²) in [6.45, 7) is 0. The number of anilines is 1. The lowest BCUT2D eigenvalue weighted by Gasteiger charge is -2.06. The lowest BCUT2D eigenvalue weighted by Crippen LogP contribution is -1.96. The maximum absolute atomic E-state index is 5.89. The third-order valence-electron chi connectivity index (χ3n) is 2.74. The van der Waals surface area contributed by atoms with E-state index >= 15 is 0 Å². The summed E-state index contributed by atoms with van der Waals surface area (Å²) in [5, 5.41) is 5.06. The lowest BCUT2D eigenvalue weighted by molar-refractivity contribution is 0.975. The van der Waals surface area contributed by atoms with E-state index in [9.17, 15) is 0 Å². The first-order valence-corrected chi connectivity index (χ1v) is 8.42. The number of thiophene rings is 1. The highest BCUT2D eigenvalue weighted by atomic mass is 35.5. The van der Waals surface area contributed by atoms with Crippen molar-refractivity contribution in [3.05, 3.63) is 51.9 Å². The molecule has 3 rings (SSSR count). The van der Waals surface area contributed by atoms with Gasteiger partial charge < -0.3 is 5.73 Å². The second kappa shape index (κ2) is 6.43. The smallest absolute Gasteiger partial charge is 0.191 e. The minimum atomic E-state index is 0.356. The van der Waals surface area contributed by atoms with Gasteiger partial charge in [-0.1, -0.05) is 29.4 Å². The van der Waals surface area contributed by atoms with Gasteiger partial charge in [0, 0.05) is 29.0 Å². The van der Waals surface area contributed by atoms with Gasteiger partial charge in [0.2, 0.25) is 0 Å². The molecule has 3 aromatic rings. The number of hydrogen-bond acceptors (Lipinski definition) is 6. The first-order chi connectivity index (χ1) is 10.2. The molecule has 3 aromatic heterocycles. The van der Waals surface area contributed by atoms with E-state index in [1.807, 2.05) is 11.4 Å². The number of rotatable bonds is 4. The molecule has 7 heteroatoms. The highest BCUT2D eigenvalue weighted by Crippen LogP contribution is 2.28. The molecule has 0 bridgehead atoms. The average Bonchev–Trinajstić information content (AvgIpc) is 2.98. The maximum atomic E-state index is 5.89. The Kier molecular flexibility index (Phi) is 4.38. The van der Waals surface area contributed by atoms with Crippen molar-refractivity contribution in [3.63, 3.8) is 0 Å². The molecular formula is C14H11ClN4S2. The minimum Gasteiger partial charge on any atom is -0.384 e. The van der Waals surface area contributed by atoms with Crippen LogP contribution in [-0.2, 0) is 5.75 Å². The Morgan fingerprint density at radius 2 is 2.19 bits per heavy atom. The molecular weight excluding hydrogens is 324 g/mol. The standard InChI is InChI=1S/C14H11ClN4S2/c15-11-6-12(16)19-14(18-11)21-8-9-2-1-4-17-13(9)10-3-5-20-7-10/h1-7H,8H2,(H2,16,18,19). The maximum Gasteiger partial charge on any atom is 0.191 e. The van der Waals surface area contributed by atoms with Crippen LogP contribution in [0.5, 0.6) is 0 Å². The van der Waals surface area contributed by atoms with Gasteiger partial charge in [0.25, 0.3) is 0 Å². The Labute approximate surface area is 135 Å². The summed E-state index contributed by atoms with van der Waals surface area (Å²) in [5.74, 6) is 1.08. The molecule has 0 unspecified atom stereocenters. The first kappa shape index (κ1) is 14.3. The summed E-state index contributed by atoms with van der Waals surface area (Å²) in [7, 11) is 0. The number of pyridine rings is 1. The van der Waals surface area contributed by atoms with Gasteiger partial charge in [-0.3, -0.25) is 4.98 Å². The Morgan fingerprint density at radius 1 is 1.29 bits per heavy atom. The summed E-state index contributed by atoms with van der Waals surface area (Å²) < 4.78 is 0. The average molecular weight is 335 g/mol. The predicted octanol–water partition coefficient (Wildman–Crippen LogP) is 4.13. The number of nitrogens with two attached hydrogens (primary N) is 1. The second-order valence-corrected chi connectivity index (χ2v) is 6.32. The highest BCUT2D eigenvalue weighted by molar-refractivity contribution is 7.98. The van der Waals surface area contributed by atoms with Crippen molar-refractivity contribution in [1.29, 1.82) is 0 Å². The Morgan fingerprint density at radius 3 is 2.95 bits per heavy atom. The lowest BCUT2D eigenvalue weighted by atomic mass is 10.1. The van der Waals surface area contributed by atoms with E-state index in [1.54, 1.807) is 17.5 Å². The highest BCUT2D eigenvalue weighted by Gasteiger charge is 2.09. The fraction of sp³-hybridized carbons (Fsp3) is 0.0714. The van der Waals surface area contributed by atoms with Gasteiger partial charge in [-0.25, -0.2) is 9.97 Å². The van der Waals surface area contributed by atoms with Crippen molar-refractivity contribution in [2.24, 2.45) is 0 Å². The Balaban J connectivity index is 1.82. The predicted molar refractivity (Wildman–Crippen MR) is 88.6 cm³/mol. The van der Waals surface area contributed by atoms with Crippen LogP contribution in [0.3, 0.4) is 0 Å². The summed E-state index contributed by atoms with van der Waals surface area (Å²) in [6, 6.07) is 7.58. The summed E-state index contributed by atoms with van der Waals surface area (Å²) in [5.41, 5.74) is 8.92. The molecule has 0 aliphatic rings. The molecule has 0 aliphatic heterocycles. The Bertz CT molecular complexity index is 726. The number of halogens is 1. The van der Waals surface area contributed by atoms with Crippen molar-refractivity contribution in [1.82, 2.24) is 15.0 Å². The Hall–Kier alpha value is -1.63. The van der Waals surface area contributed by atoms with Crippen LogP contribution in [0.1, 0.15) is 5.56 Å². The zero-order valence-electron chi connectivity index (χ0n) is 10.9. The molecule has 106 valence electrons. The van der Waals surface area contributed by atoms with E-state index in [0.29, 0.717) is 21.9 Å². The van der Waals surface area contributed by atoms with Gasteiger partial charge in [-0.05, 0) is 23.1 Å². The van der Waals surface area contributed by atoms with Gasteiger partial charge in [0.1, 0.15) is 11.0 Å². The molecule has 21 heavy (non-hydrogen) atoms. The van der Waals surface area contributed by atoms with Gasteiger partial charge >= 0.3 is 0 Å². The fourth-order valence-corrected chi connectivity index (χ4v) is 3.57. The quantitative estimate of drug-likeness (QED) is 0.441. The molecule has 0 atom stereocenters. The number of thioether (sulfide) groups is 1. The number of nitrogens with zero attached hydrogens (tertiary/aromatic N) is 3. The van der Waals surface area contributed by atoms with Gasteiger partial charge in [0.15, 0.2) is 5.16 Å². The van der Waals surface area contributed by atoms with Crippen molar-refractivity contribution >= 4 is 40.5 Å². The molecule has 3 heterocycles. The molecule has 2 N–H and O–H groups in total. The third-order valence-corrected chi connectivity index (χ3v) is 4.51. The summed E-state index contributed by atoms with van der Waals surface area (Å²) >= 11 is 9.04. The molecule has 0 saturated carbocycles. The zero-order chi connectivity index (χ0) is 14.7. The van der Waals surface area contributed by atoms with E-state index < -0.39 is 0 Å². The van der Waals surface area contributed by atoms with E-state index in [2.05, 4.69) is 32.5 Å². The van der Waals surface area contributed by atoms with E-state index in [-0.39, 0.29) is 0 Å². The third kappa shape index (κ3) is 3.53. The normalized spacial score (nSPS) is 10.7. The minimum absolute atomic E-state index is 0.356. The van der Waals surface area contributed by atoms with Gasteiger partial charge in [-0.2, -0.15) is 11.3 Å². The topological polar surface area (TPSA) is 64.7 Å². The molecule has 0 aliphatic carbocycles. The molecule has 0 fully saturated rings. The van der Waals surface area contributed by atoms with Crippen molar-refractivity contribution < 1.29 is 0 Å². The molecule has 0 spiro atoms. The van der Waals surface area contributed by atoms with E-state index in [0.717, 1.165) is 16.8 Å². The molecule has 0 radical (unpaired) electrons. The first-order valence-electron chi connectivity index (χ1n) is 6.12. The fourth-order valence-electron chi connectivity index (χ4n) is 1.83. The van der Waals surface area contributed by atoms with Crippen LogP contribution in [0.25, 0.3) is 11.3 Å². The summed E-state index contributed by atoms with van der Waals surface area (Å²) in [6.07, 6.45) is 1.80. The van der Waals surface area contributed by atoms with Gasteiger partial charge in [-0.15, -0.1) is 0 Å². The molecule has 0 amide bonds. The molecule has 4 nitrogen and oxygen atoms in total. The van der Waals surface area contributed by atoms with Crippen molar-refractivity contribution in [3.8, 4) is 11.3 Å². The largest absolute Gasteiger partial charge is 0.384 e. The van der Waals surface area contributed by atoms with Crippen LogP contribution in [-0.4, -0.2) is 15.0 Å². The number of hydrogen-bond donors (Lipinski definition) is 1. The van der Waals surface area contributed by atoms with Crippen LogP contribution in [0, 0.1) is 0 Å². The van der Waals surface area contributed by atoms with Crippen molar-refractivity contribution in [2.45, 2.75) is 10.9 Å². The molecule has 0 aromatic carbocycles. The second-order valence-electron chi connectivity index (χ2n) is 4.21. The SMILES string of the molecule is Nc1cc(Cl)nc(SCc2cccnc2-c2ccsc2)n1. The zero-order valence-corrected chi connectivity index (χ0v) is 13.3. The van der Waals surface area contributed by atoms with Crippen LogP contribution in [0.4, 0.5) is 5.82 Å². The van der Waals surface area contributed by atoms with Crippen LogP contribution in [0.15, 0.2) is 46.4 Å². The number of aromatic nitrogens is 3. The van der Waals surface area contributed by atoms with E-state index in [1.165, 1.54) is 17.8 Å². The number of nitrogen functional groups attached to an aromatic ring is 1. The molecule has 0 saturated heterocycles. The van der Waals surface area contributed by atoms with Crippen LogP contribution >= 0.6 is 34.7 Å². The van der Waals surface area contributed by atoms with Crippen molar-refractivity contribution in [2.75, 3.05) is 5.73 Å². The van der Waals surface area contributed by atoms with E-state index in [4.69, 9.17) is 17.3 Å².